The summed E-state index contributed by atoms with van der Waals surface area (Å²) in [5.74, 6) is 5.12. The van der Waals surface area contributed by atoms with Crippen molar-refractivity contribution in [1.82, 2.24) is 0 Å². The predicted octanol–water partition coefficient (Wildman–Crippen LogP) is -0.312. The minimum absolute atomic E-state index is 0.0478. The van der Waals surface area contributed by atoms with E-state index in [1.165, 1.54) is 0 Å². The molecule has 0 aliphatic heterocycles. The Balaban J connectivity index is 3.62. The molecule has 9 heavy (non-hydrogen) atoms. The molecule has 0 aliphatic carbocycles. The molecule has 4 heteroatoms. The van der Waals surface area contributed by atoms with Crippen molar-refractivity contribution in [2.75, 3.05) is 5.75 Å². The third-order valence-electron chi connectivity index (χ3n) is 0.688. The number of sulfonamides is 1. The fourth-order valence-electron chi connectivity index (χ4n) is 0.318. The van der Waals surface area contributed by atoms with Crippen molar-refractivity contribution in [3.05, 3.63) is 0 Å². The van der Waals surface area contributed by atoms with Crippen molar-refractivity contribution in [3.63, 3.8) is 0 Å². The Kier molecular flexibility index (Phi) is 3.28. The summed E-state index contributed by atoms with van der Waals surface area (Å²) in [6.45, 7) is 1.66. The molecule has 0 spiro atoms. The zero-order valence-electron chi connectivity index (χ0n) is 5.22. The maximum atomic E-state index is 10.2. The molecule has 0 amide bonds. The molecule has 3 nitrogen and oxygen atoms in total. The van der Waals surface area contributed by atoms with E-state index in [-0.39, 0.29) is 5.75 Å². The number of hydrogen-bond donors (Lipinski definition) is 1. The second-order valence-corrected chi connectivity index (χ2v) is 3.28. The molecule has 0 aromatic rings. The minimum Gasteiger partial charge on any atom is -0.229 e. The van der Waals surface area contributed by atoms with Crippen LogP contribution in [0.25, 0.3) is 0 Å². The molecule has 0 rings (SSSR count). The van der Waals surface area contributed by atoms with E-state index in [2.05, 4.69) is 17.0 Å². The molecule has 0 saturated heterocycles. The Morgan fingerprint density at radius 2 is 2.11 bits per heavy atom. The first-order valence-corrected chi connectivity index (χ1v) is 4.18. The average molecular weight is 147 g/mol. The van der Waals surface area contributed by atoms with E-state index >= 15 is 0 Å². The summed E-state index contributed by atoms with van der Waals surface area (Å²) in [5, 5.41) is 4.68. The Morgan fingerprint density at radius 1 is 1.56 bits per heavy atom. The smallest absolute Gasteiger partial charge is 0.210 e. The molecule has 0 unspecified atom stereocenters. The van der Waals surface area contributed by atoms with Gasteiger partial charge in [0.2, 0.25) is 10.0 Å². The van der Waals surface area contributed by atoms with Crippen LogP contribution in [0, 0.1) is 11.8 Å². The van der Waals surface area contributed by atoms with Crippen molar-refractivity contribution in [2.45, 2.75) is 13.3 Å². The van der Waals surface area contributed by atoms with Crippen LogP contribution in [0.4, 0.5) is 0 Å². The normalized spacial score (nSPS) is 10.0. The van der Waals surface area contributed by atoms with Gasteiger partial charge in [0.15, 0.2) is 0 Å². The number of rotatable bonds is 2. The number of hydrogen-bond acceptors (Lipinski definition) is 2. The molecule has 0 saturated carbocycles. The van der Waals surface area contributed by atoms with Gasteiger partial charge in [-0.1, -0.05) is 0 Å². The third-order valence-corrected chi connectivity index (χ3v) is 1.46. The van der Waals surface area contributed by atoms with Gasteiger partial charge in [0.1, 0.15) is 0 Å². The summed E-state index contributed by atoms with van der Waals surface area (Å²) >= 11 is 0. The molecule has 0 heterocycles. The van der Waals surface area contributed by atoms with E-state index < -0.39 is 10.0 Å². The highest BCUT2D eigenvalue weighted by Gasteiger charge is 1.97. The Bertz CT molecular complexity index is 219. The van der Waals surface area contributed by atoms with Crippen LogP contribution in [0.15, 0.2) is 0 Å². The van der Waals surface area contributed by atoms with Crippen LogP contribution in [0.1, 0.15) is 13.3 Å². The first-order valence-electron chi connectivity index (χ1n) is 2.46. The lowest BCUT2D eigenvalue weighted by atomic mass is 10.5. The minimum atomic E-state index is -3.30. The van der Waals surface area contributed by atoms with Gasteiger partial charge < -0.3 is 0 Å². The first kappa shape index (κ1) is 8.47. The highest BCUT2D eigenvalue weighted by Crippen LogP contribution is 1.81. The molecule has 2 N–H and O–H groups in total. The summed E-state index contributed by atoms with van der Waals surface area (Å²) in [4.78, 5) is 0. The Morgan fingerprint density at radius 3 is 2.44 bits per heavy atom. The molecule has 0 aromatic heterocycles. The van der Waals surface area contributed by atoms with E-state index in [9.17, 15) is 8.42 Å². The van der Waals surface area contributed by atoms with Gasteiger partial charge in [0.05, 0.1) is 5.75 Å². The van der Waals surface area contributed by atoms with Gasteiger partial charge in [-0.15, -0.1) is 11.8 Å². The van der Waals surface area contributed by atoms with Gasteiger partial charge in [0.25, 0.3) is 0 Å². The van der Waals surface area contributed by atoms with Gasteiger partial charge >= 0.3 is 0 Å². The van der Waals surface area contributed by atoms with E-state index in [1.807, 2.05) is 0 Å². The predicted molar refractivity (Wildman–Crippen MR) is 36.0 cm³/mol. The fourth-order valence-corrected chi connectivity index (χ4v) is 0.705. The van der Waals surface area contributed by atoms with Gasteiger partial charge in [0, 0.05) is 6.42 Å². The monoisotopic (exact) mass is 147 g/mol. The Labute approximate surface area is 55.3 Å². The van der Waals surface area contributed by atoms with Crippen molar-refractivity contribution >= 4 is 10.0 Å². The lowest BCUT2D eigenvalue weighted by Crippen LogP contribution is -2.15. The maximum absolute atomic E-state index is 10.2. The standard InChI is InChI=1S/C5H9NO2S/c1-2-3-4-5-9(6,7)8/h4-5H2,1H3,(H2,6,7,8). The Hall–Kier alpha value is -0.530. The molecular formula is C5H9NO2S. The summed E-state index contributed by atoms with van der Waals surface area (Å²) in [7, 11) is -3.30. The zero-order valence-corrected chi connectivity index (χ0v) is 6.03. The highest BCUT2D eigenvalue weighted by atomic mass is 32.2. The molecule has 0 fully saturated rings. The SMILES string of the molecule is CC#CCCS(N)(=O)=O. The van der Waals surface area contributed by atoms with Crippen LogP contribution < -0.4 is 5.14 Å². The van der Waals surface area contributed by atoms with Crippen molar-refractivity contribution in [3.8, 4) is 11.8 Å². The van der Waals surface area contributed by atoms with Crippen LogP contribution in [0.3, 0.4) is 0 Å². The summed E-state index contributed by atoms with van der Waals surface area (Å²) in [5.41, 5.74) is 0. The van der Waals surface area contributed by atoms with E-state index in [4.69, 9.17) is 0 Å². The second kappa shape index (κ2) is 3.49. The van der Waals surface area contributed by atoms with Crippen LogP contribution in [-0.2, 0) is 10.0 Å². The highest BCUT2D eigenvalue weighted by molar-refractivity contribution is 7.89. The average Bonchev–Trinajstić information content (AvgIpc) is 1.63. The zero-order chi connectivity index (χ0) is 7.33. The molecule has 52 valence electrons. The summed E-state index contributed by atoms with van der Waals surface area (Å²) < 4.78 is 20.4. The molecule has 0 aromatic carbocycles. The first-order chi connectivity index (χ1) is 4.06. The third kappa shape index (κ3) is 7.47. The topological polar surface area (TPSA) is 60.2 Å². The fraction of sp³-hybridized carbons (Fsp3) is 0.600. The van der Waals surface area contributed by atoms with Crippen molar-refractivity contribution < 1.29 is 8.42 Å². The van der Waals surface area contributed by atoms with Gasteiger partial charge in [-0.2, -0.15) is 0 Å². The molecule has 0 aliphatic rings. The summed E-state index contributed by atoms with van der Waals surface area (Å²) in [6, 6.07) is 0. The molecule has 0 radical (unpaired) electrons. The van der Waals surface area contributed by atoms with Crippen LogP contribution in [0.2, 0.25) is 0 Å². The van der Waals surface area contributed by atoms with Crippen LogP contribution in [0.5, 0.6) is 0 Å². The molecular weight excluding hydrogens is 138 g/mol. The number of primary sulfonamides is 1. The summed E-state index contributed by atoms with van der Waals surface area (Å²) in [6.07, 6.45) is 0.329. The van der Waals surface area contributed by atoms with E-state index in [0.717, 1.165) is 0 Å². The van der Waals surface area contributed by atoms with Gasteiger partial charge in [-0.05, 0) is 6.92 Å². The quantitative estimate of drug-likeness (QED) is 0.544. The second-order valence-electron chi connectivity index (χ2n) is 1.54. The van der Waals surface area contributed by atoms with Crippen LogP contribution >= 0.6 is 0 Å². The lowest BCUT2D eigenvalue weighted by molar-refractivity contribution is 0.597. The lowest BCUT2D eigenvalue weighted by Gasteiger charge is -1.87. The maximum Gasteiger partial charge on any atom is 0.210 e. The van der Waals surface area contributed by atoms with Gasteiger partial charge in [-0.25, -0.2) is 13.6 Å². The van der Waals surface area contributed by atoms with Crippen molar-refractivity contribution in [1.29, 1.82) is 0 Å². The molecule has 0 atom stereocenters. The van der Waals surface area contributed by atoms with E-state index in [1.54, 1.807) is 6.92 Å². The number of nitrogens with two attached hydrogens (primary N) is 1. The van der Waals surface area contributed by atoms with E-state index in [0.29, 0.717) is 6.42 Å². The largest absolute Gasteiger partial charge is 0.229 e. The van der Waals surface area contributed by atoms with Crippen LogP contribution in [-0.4, -0.2) is 14.2 Å². The molecule has 0 bridgehead atoms. The van der Waals surface area contributed by atoms with Gasteiger partial charge in [-0.3, -0.25) is 0 Å². The van der Waals surface area contributed by atoms with Crippen molar-refractivity contribution in [2.24, 2.45) is 5.14 Å².